The van der Waals surface area contributed by atoms with Gasteiger partial charge in [0.05, 0.1) is 66.0 Å². The molecule has 3 unspecified atom stereocenters. The Hall–Kier alpha value is -17.6. The third kappa shape index (κ3) is 23.8. The first-order chi connectivity index (χ1) is 64.8. The van der Waals surface area contributed by atoms with Crippen LogP contribution in [0.5, 0.6) is 109 Å². The maximum Gasteiger partial charge on any atom is 0.200 e. The molecule has 136 heavy (non-hydrogen) atoms. The average Bonchev–Trinajstić information content (AvgIpc) is 0.790. The third-order valence-electron chi connectivity index (χ3n) is 21.6. The summed E-state index contributed by atoms with van der Waals surface area (Å²) >= 11 is 11.6. The molecule has 0 amide bonds. The molecule has 2 aliphatic rings. The largest absolute Gasteiger partial charge is 0.508 e. The number of phenolic OH excluding ortho intramolecular Hbond substituents is 17. The van der Waals surface area contributed by atoms with Gasteiger partial charge in [0, 0.05) is 60.4 Å². The van der Waals surface area contributed by atoms with E-state index in [1.807, 2.05) is 0 Å². The molecule has 3 atom stereocenters. The Labute approximate surface area is 784 Å². The van der Waals surface area contributed by atoms with Crippen molar-refractivity contribution in [3.63, 3.8) is 0 Å². The molecule has 0 bridgehead atoms. The van der Waals surface area contributed by atoms with Crippen molar-refractivity contribution in [1.29, 1.82) is 0 Å². The lowest BCUT2D eigenvalue weighted by atomic mass is 9.87. The highest BCUT2D eigenvalue weighted by Gasteiger charge is 2.34. The molecule has 0 saturated heterocycles. The van der Waals surface area contributed by atoms with E-state index in [-0.39, 0.29) is 177 Å². The average molecular weight is 1870 g/mol. The van der Waals surface area contributed by atoms with Crippen LogP contribution >= 0.6 is 23.2 Å². The number of ketones is 4. The number of allylic oxidation sites excluding steroid dienone is 2. The molecule has 4 heterocycles. The van der Waals surface area contributed by atoms with Crippen molar-refractivity contribution in [3.8, 4) is 131 Å². The molecule has 29 heteroatoms. The fourth-order valence-corrected chi connectivity index (χ4v) is 14.6. The van der Waals surface area contributed by atoms with E-state index in [0.717, 1.165) is 40.0 Å². The zero-order valence-electron chi connectivity index (χ0n) is 72.3. The van der Waals surface area contributed by atoms with Crippen LogP contribution in [0.4, 0.5) is 0 Å². The zero-order chi connectivity index (χ0) is 98.2. The molecular formula is C107H86Cl2O27. The summed E-state index contributed by atoms with van der Waals surface area (Å²) in [7, 11) is 0. The van der Waals surface area contributed by atoms with Crippen LogP contribution in [0.25, 0.3) is 55.3 Å². The Morgan fingerprint density at radius 1 is 0.375 bits per heavy atom. The van der Waals surface area contributed by atoms with Crippen molar-refractivity contribution >= 4 is 79.4 Å². The quantitative estimate of drug-likeness (QED) is 0.0376. The minimum absolute atomic E-state index is 0.0190. The van der Waals surface area contributed by atoms with E-state index in [4.69, 9.17) is 41.5 Å². The van der Waals surface area contributed by atoms with Gasteiger partial charge in [-0.15, -0.1) is 0 Å². The molecule has 2 aromatic heterocycles. The minimum Gasteiger partial charge on any atom is -0.508 e. The highest BCUT2D eigenvalue weighted by atomic mass is 35.5. The predicted octanol–water partition coefficient (Wildman–Crippen LogP) is 21.1. The number of carbonyl (C=O) groups excluding carboxylic acids is 4. The number of hydrogen-bond donors (Lipinski definition) is 17. The number of carbonyl (C=O) groups is 4. The minimum atomic E-state index is -0.448. The second kappa shape index (κ2) is 43.0. The van der Waals surface area contributed by atoms with Gasteiger partial charge in [-0.2, -0.15) is 0 Å². The van der Waals surface area contributed by atoms with Gasteiger partial charge in [-0.3, -0.25) is 28.8 Å². The van der Waals surface area contributed by atoms with Crippen LogP contribution in [0.3, 0.4) is 0 Å². The Morgan fingerprint density at radius 2 is 0.787 bits per heavy atom. The van der Waals surface area contributed by atoms with Crippen molar-refractivity contribution < 1.29 is 124 Å². The first-order valence-corrected chi connectivity index (χ1v) is 42.0. The number of ether oxygens (including phenoxy) is 2. The molecule has 0 aliphatic carbocycles. The summed E-state index contributed by atoms with van der Waals surface area (Å²) < 4.78 is 21.9. The molecule has 0 radical (unpaired) electrons. The number of phenols is 17. The molecule has 0 saturated carbocycles. The van der Waals surface area contributed by atoms with Crippen molar-refractivity contribution in [2.24, 2.45) is 0 Å². The normalized spacial score (nSPS) is 12.8. The maximum atomic E-state index is 12.6. The van der Waals surface area contributed by atoms with Crippen LogP contribution in [0.15, 0.2) is 317 Å². The third-order valence-corrected chi connectivity index (χ3v) is 22.2. The van der Waals surface area contributed by atoms with Crippen LogP contribution in [0.2, 0.25) is 10.0 Å². The Morgan fingerprint density at radius 3 is 1.30 bits per heavy atom. The number of rotatable bonds is 13. The van der Waals surface area contributed by atoms with Crippen LogP contribution < -0.4 is 20.3 Å². The summed E-state index contributed by atoms with van der Waals surface area (Å²) in [4.78, 5) is 74.5. The summed E-state index contributed by atoms with van der Waals surface area (Å²) in [5, 5.41) is 160. The summed E-state index contributed by atoms with van der Waals surface area (Å²) in [6.45, 7) is 13.3. The Balaban J connectivity index is 0.000000143. The Kier molecular flexibility index (Phi) is 30.8. The monoisotopic (exact) mass is 1870 g/mol. The first kappa shape index (κ1) is 97.5. The molecule has 14 aromatic carbocycles. The lowest BCUT2D eigenvalue weighted by Crippen LogP contribution is -2.26. The van der Waals surface area contributed by atoms with Gasteiger partial charge in [-0.25, -0.2) is 0 Å². The van der Waals surface area contributed by atoms with E-state index >= 15 is 0 Å². The van der Waals surface area contributed by atoms with Crippen LogP contribution in [0, 0.1) is 13.8 Å². The smallest absolute Gasteiger partial charge is 0.200 e. The van der Waals surface area contributed by atoms with E-state index in [1.54, 1.807) is 142 Å². The fourth-order valence-electron chi connectivity index (χ4n) is 14.3. The van der Waals surface area contributed by atoms with Crippen molar-refractivity contribution in [3.05, 3.63) is 396 Å². The van der Waals surface area contributed by atoms with Crippen LogP contribution in [-0.4, -0.2) is 123 Å². The van der Waals surface area contributed by atoms with Gasteiger partial charge in [0.1, 0.15) is 146 Å². The number of aromatic hydroxyl groups is 17. The maximum absolute atomic E-state index is 12.6. The predicted molar refractivity (Wildman–Crippen MR) is 512 cm³/mol. The number of aryl methyl sites for hydroxylation is 2. The molecule has 17 N–H and O–H groups in total. The molecule has 16 aromatic rings. The molecule has 0 spiro atoms. The molecule has 27 nitrogen and oxygen atoms in total. The topological polar surface area (TPSA) is 491 Å². The van der Waals surface area contributed by atoms with Crippen molar-refractivity contribution in [2.45, 2.75) is 44.9 Å². The number of halogens is 2. The SMILES string of the molecule is C=C(C(=O)c1ccc(O)cc1O)c1ccc(O)cc1.C=C(Cc1ccc(O)cc1O)c1ccc(O)cc1.CC(C(=O)c1ccc(O)cc1O)c1ccc(O)cc1.Cc1cc(O)cc2c1C(=O)C(c1ccc(O)cc1)CO2.Cc1cc(O)cc2occ(-c3ccc(O)cc3)c(=O)c12.O=C1c2cc(Cl)c(O)cc2OCC1c1ccc(O)cc1.O=c1c(-c2ccc(O)cc2)coc2cc(O)c(Cl)cc12. The van der Waals surface area contributed by atoms with E-state index in [9.17, 15) is 116 Å². The molecule has 0 fully saturated rings. The van der Waals surface area contributed by atoms with Gasteiger partial charge in [-0.1, -0.05) is 134 Å². The van der Waals surface area contributed by atoms with Gasteiger partial charge in [-0.05, 0) is 215 Å². The number of hydrogen-bond acceptors (Lipinski definition) is 27. The second-order valence-corrected chi connectivity index (χ2v) is 32.0. The molecule has 690 valence electrons. The number of benzene rings is 14. The van der Waals surface area contributed by atoms with E-state index in [0.29, 0.717) is 89.9 Å². The van der Waals surface area contributed by atoms with Gasteiger partial charge < -0.3 is 105 Å². The second-order valence-electron chi connectivity index (χ2n) is 31.1. The van der Waals surface area contributed by atoms with E-state index in [1.165, 1.54) is 152 Å². The lowest BCUT2D eigenvalue weighted by Gasteiger charge is -2.25. The first-order valence-electron chi connectivity index (χ1n) is 41.2. The van der Waals surface area contributed by atoms with Crippen LogP contribution in [0.1, 0.15) is 111 Å². The summed E-state index contributed by atoms with van der Waals surface area (Å²) in [6, 6.07) is 68.2. The highest BCUT2D eigenvalue weighted by Crippen LogP contribution is 2.42. The van der Waals surface area contributed by atoms with Gasteiger partial charge in [0.2, 0.25) is 10.9 Å². The Bertz CT molecular complexity index is 7300. The zero-order valence-corrected chi connectivity index (χ0v) is 73.9. The lowest BCUT2D eigenvalue weighted by molar-refractivity contribution is 0.0886. The number of fused-ring (bicyclic) bond motifs is 4. The van der Waals surface area contributed by atoms with E-state index < -0.39 is 17.6 Å². The summed E-state index contributed by atoms with van der Waals surface area (Å²) in [6.07, 6.45) is 3.18. The van der Waals surface area contributed by atoms with Gasteiger partial charge in [0.25, 0.3) is 0 Å². The molecular weight excluding hydrogens is 1790 g/mol. The van der Waals surface area contributed by atoms with Crippen molar-refractivity contribution in [2.75, 3.05) is 13.2 Å². The summed E-state index contributed by atoms with van der Waals surface area (Å²) in [5.41, 5.74) is 10.3. The van der Waals surface area contributed by atoms with Gasteiger partial charge >= 0.3 is 0 Å². The molecule has 2 aliphatic heterocycles. The van der Waals surface area contributed by atoms with Gasteiger partial charge in [0.15, 0.2) is 23.1 Å². The van der Waals surface area contributed by atoms with Crippen molar-refractivity contribution in [1.82, 2.24) is 0 Å². The standard InChI is InChI=1S/C16H14O4.C16H12O4.C15H11ClO4.C15H9ClO4.C15H14O4.C15H12O4.C15H14O3/c2*1-9-6-12(18)7-14-15(9)16(19)13(8-20-14)10-2-4-11(17)5-3-10;2*16-12-5-10-14(6-13(12)18)20-7-11(15(10)19)8-1-3-9(17)4-2-8;2*1-9(10-2-4-11(16)5-3-10)15(19)13-7-6-12(17)8-14(13)18;1-10(11-2-5-13(16)6-3-11)8-12-4-7-14(17)9-15(12)18/h2-7,13,17-18H,8H2,1H3;2-8,17-18H,1H3;1-6,11,17-18H,7H2;1-7,17-18H;2-9,16-18H,1H3;2-8,16-18H,1H2;2-7,9,16-18H,1,8H2. The summed E-state index contributed by atoms with van der Waals surface area (Å²) in [5.74, 6) is -1.07. The van der Waals surface area contributed by atoms with Crippen LogP contribution in [-0.2, 0) is 6.42 Å². The fraction of sp³-hybridized carbons (Fsp3) is 0.0841. The number of Topliss-reactive ketones (excluding diaryl/α,β-unsaturated/α-hetero) is 4. The highest BCUT2D eigenvalue weighted by molar-refractivity contribution is 6.33. The molecule has 18 rings (SSSR count). The van der Waals surface area contributed by atoms with E-state index in [2.05, 4.69) is 13.2 Å².